The van der Waals surface area contributed by atoms with Gasteiger partial charge in [-0.15, -0.1) is 0 Å². The summed E-state index contributed by atoms with van der Waals surface area (Å²) < 4.78 is 4.98. The standard InChI is InChI=1S/C13H20N2O4/c1-3-10(6-7-16)14-12(17)9-15(2)13(18)11-5-4-8-19-11/h4-5,8,10,16H,3,6-7,9H2,1-2H3,(H,14,17). The van der Waals surface area contributed by atoms with E-state index in [0.29, 0.717) is 6.42 Å². The Labute approximate surface area is 112 Å². The van der Waals surface area contributed by atoms with Gasteiger partial charge in [0.2, 0.25) is 5.91 Å². The van der Waals surface area contributed by atoms with Gasteiger partial charge in [-0.25, -0.2) is 0 Å². The Hall–Kier alpha value is -1.82. The average Bonchev–Trinajstić information content (AvgIpc) is 2.90. The predicted molar refractivity (Wildman–Crippen MR) is 69.6 cm³/mol. The normalized spacial score (nSPS) is 11.9. The molecule has 0 spiro atoms. The quantitative estimate of drug-likeness (QED) is 0.759. The van der Waals surface area contributed by atoms with Crippen LogP contribution in [0.5, 0.6) is 0 Å². The molecule has 0 aliphatic rings. The summed E-state index contributed by atoms with van der Waals surface area (Å²) in [5, 5.41) is 11.6. The van der Waals surface area contributed by atoms with Crippen LogP contribution in [0.1, 0.15) is 30.3 Å². The van der Waals surface area contributed by atoms with Gasteiger partial charge < -0.3 is 19.7 Å². The Bertz CT molecular complexity index is 403. The van der Waals surface area contributed by atoms with Crippen LogP contribution in [0, 0.1) is 0 Å². The van der Waals surface area contributed by atoms with Crippen LogP contribution in [0.3, 0.4) is 0 Å². The van der Waals surface area contributed by atoms with Crippen LogP contribution >= 0.6 is 0 Å². The third-order valence-corrected chi connectivity index (χ3v) is 2.79. The molecule has 6 heteroatoms. The minimum atomic E-state index is -0.338. The van der Waals surface area contributed by atoms with Gasteiger partial charge in [-0.2, -0.15) is 0 Å². The summed E-state index contributed by atoms with van der Waals surface area (Å²) in [5.41, 5.74) is 0. The van der Waals surface area contributed by atoms with Gasteiger partial charge in [0.05, 0.1) is 12.8 Å². The van der Waals surface area contributed by atoms with Gasteiger partial charge in [0.1, 0.15) is 0 Å². The molecule has 1 aromatic heterocycles. The van der Waals surface area contributed by atoms with Crippen molar-refractivity contribution >= 4 is 11.8 Å². The van der Waals surface area contributed by atoms with E-state index in [1.165, 1.54) is 18.2 Å². The topological polar surface area (TPSA) is 82.8 Å². The van der Waals surface area contributed by atoms with Crippen LogP contribution in [-0.4, -0.2) is 48.1 Å². The lowest BCUT2D eigenvalue weighted by Crippen LogP contribution is -2.42. The number of aliphatic hydroxyl groups excluding tert-OH is 1. The monoisotopic (exact) mass is 268 g/mol. The lowest BCUT2D eigenvalue weighted by Gasteiger charge is -2.19. The Morgan fingerprint density at radius 1 is 1.53 bits per heavy atom. The molecule has 0 radical (unpaired) electrons. The van der Waals surface area contributed by atoms with Crippen LogP contribution < -0.4 is 5.32 Å². The van der Waals surface area contributed by atoms with E-state index in [0.717, 1.165) is 6.42 Å². The number of rotatable bonds is 7. The zero-order valence-electron chi connectivity index (χ0n) is 11.3. The zero-order chi connectivity index (χ0) is 14.3. The van der Waals surface area contributed by atoms with Crippen LogP contribution in [0.2, 0.25) is 0 Å². The Kier molecular flexibility index (Phi) is 6.08. The van der Waals surface area contributed by atoms with Crippen LogP contribution in [0.4, 0.5) is 0 Å². The van der Waals surface area contributed by atoms with Crippen LogP contribution in [0.15, 0.2) is 22.8 Å². The van der Waals surface area contributed by atoms with E-state index >= 15 is 0 Å². The summed E-state index contributed by atoms with van der Waals surface area (Å²) in [5.74, 6) is -0.379. The number of amides is 2. The molecule has 1 aromatic rings. The molecule has 0 saturated heterocycles. The maximum atomic E-state index is 11.8. The van der Waals surface area contributed by atoms with E-state index in [9.17, 15) is 9.59 Å². The number of nitrogens with one attached hydrogen (secondary N) is 1. The molecule has 6 nitrogen and oxygen atoms in total. The third kappa shape index (κ3) is 4.75. The van der Waals surface area contributed by atoms with Crippen molar-refractivity contribution in [1.29, 1.82) is 0 Å². The number of nitrogens with zero attached hydrogens (tertiary/aromatic N) is 1. The molecule has 1 rings (SSSR count). The second kappa shape index (κ2) is 7.58. The highest BCUT2D eigenvalue weighted by Gasteiger charge is 2.18. The Morgan fingerprint density at radius 2 is 2.26 bits per heavy atom. The molecule has 1 heterocycles. The molecule has 106 valence electrons. The lowest BCUT2D eigenvalue weighted by molar-refractivity contribution is -0.122. The number of hydrogen-bond acceptors (Lipinski definition) is 4. The summed E-state index contributed by atoms with van der Waals surface area (Å²) >= 11 is 0. The fraction of sp³-hybridized carbons (Fsp3) is 0.538. The van der Waals surface area contributed by atoms with Gasteiger partial charge >= 0.3 is 0 Å². The summed E-state index contributed by atoms with van der Waals surface area (Å²) in [6, 6.07) is 3.11. The number of hydrogen-bond donors (Lipinski definition) is 2. The second-order valence-electron chi connectivity index (χ2n) is 4.32. The molecular formula is C13H20N2O4. The molecule has 0 fully saturated rings. The van der Waals surface area contributed by atoms with Crippen LogP contribution in [-0.2, 0) is 4.79 Å². The summed E-state index contributed by atoms with van der Waals surface area (Å²) in [6.45, 7) is 1.92. The highest BCUT2D eigenvalue weighted by atomic mass is 16.3. The average molecular weight is 268 g/mol. The van der Waals surface area contributed by atoms with E-state index < -0.39 is 0 Å². The van der Waals surface area contributed by atoms with E-state index in [1.54, 1.807) is 12.1 Å². The fourth-order valence-corrected chi connectivity index (χ4v) is 1.68. The summed E-state index contributed by atoms with van der Waals surface area (Å²) in [6.07, 6.45) is 2.66. The van der Waals surface area contributed by atoms with Gasteiger partial charge in [0.15, 0.2) is 5.76 Å². The van der Waals surface area contributed by atoms with Gasteiger partial charge in [-0.1, -0.05) is 6.92 Å². The van der Waals surface area contributed by atoms with E-state index in [2.05, 4.69) is 5.32 Å². The Morgan fingerprint density at radius 3 is 2.79 bits per heavy atom. The molecule has 1 atom stereocenters. The molecular weight excluding hydrogens is 248 g/mol. The first kappa shape index (κ1) is 15.2. The minimum absolute atomic E-state index is 0.0277. The van der Waals surface area contributed by atoms with E-state index in [4.69, 9.17) is 9.52 Å². The lowest BCUT2D eigenvalue weighted by atomic mass is 10.1. The second-order valence-corrected chi connectivity index (χ2v) is 4.32. The largest absolute Gasteiger partial charge is 0.459 e. The van der Waals surface area contributed by atoms with Crippen molar-refractivity contribution in [2.75, 3.05) is 20.2 Å². The molecule has 0 aromatic carbocycles. The molecule has 0 bridgehead atoms. The molecule has 0 aliphatic carbocycles. The summed E-state index contributed by atoms with van der Waals surface area (Å²) in [4.78, 5) is 24.9. The van der Waals surface area contributed by atoms with Gasteiger partial charge in [0, 0.05) is 19.7 Å². The number of aliphatic hydroxyl groups is 1. The maximum absolute atomic E-state index is 11.8. The molecule has 1 unspecified atom stereocenters. The molecule has 2 amide bonds. The number of carbonyl (C=O) groups is 2. The minimum Gasteiger partial charge on any atom is -0.459 e. The third-order valence-electron chi connectivity index (χ3n) is 2.79. The first-order chi connectivity index (χ1) is 9.08. The van der Waals surface area contributed by atoms with Crippen molar-refractivity contribution in [3.63, 3.8) is 0 Å². The molecule has 0 aliphatic heterocycles. The smallest absolute Gasteiger partial charge is 0.289 e. The summed E-state index contributed by atoms with van der Waals surface area (Å²) in [7, 11) is 1.54. The highest BCUT2D eigenvalue weighted by molar-refractivity contribution is 5.94. The fourth-order valence-electron chi connectivity index (χ4n) is 1.68. The molecule has 0 saturated carbocycles. The van der Waals surface area contributed by atoms with Crippen molar-refractivity contribution < 1.29 is 19.1 Å². The van der Waals surface area contributed by atoms with Crippen molar-refractivity contribution in [1.82, 2.24) is 10.2 Å². The van der Waals surface area contributed by atoms with Crippen molar-refractivity contribution in [2.45, 2.75) is 25.8 Å². The van der Waals surface area contributed by atoms with Gasteiger partial charge in [-0.3, -0.25) is 9.59 Å². The number of carbonyl (C=O) groups excluding carboxylic acids is 2. The highest BCUT2D eigenvalue weighted by Crippen LogP contribution is 2.04. The molecule has 2 N–H and O–H groups in total. The van der Waals surface area contributed by atoms with Crippen molar-refractivity contribution in [3.8, 4) is 0 Å². The van der Waals surface area contributed by atoms with Crippen molar-refractivity contribution in [2.24, 2.45) is 0 Å². The zero-order valence-corrected chi connectivity index (χ0v) is 11.3. The predicted octanol–water partition coefficient (Wildman–Crippen LogP) is 0.629. The number of likely N-dealkylation sites (N-methyl/N-ethyl adjacent to an activating group) is 1. The van der Waals surface area contributed by atoms with Crippen LogP contribution in [0.25, 0.3) is 0 Å². The number of furan rings is 1. The van der Waals surface area contributed by atoms with E-state index in [1.807, 2.05) is 6.92 Å². The van der Waals surface area contributed by atoms with E-state index in [-0.39, 0.29) is 36.8 Å². The first-order valence-electron chi connectivity index (χ1n) is 6.27. The van der Waals surface area contributed by atoms with Gasteiger partial charge in [0.25, 0.3) is 5.91 Å². The Balaban J connectivity index is 2.45. The first-order valence-corrected chi connectivity index (χ1v) is 6.27. The molecule has 19 heavy (non-hydrogen) atoms. The van der Waals surface area contributed by atoms with Gasteiger partial charge in [-0.05, 0) is 25.0 Å². The van der Waals surface area contributed by atoms with Crippen molar-refractivity contribution in [3.05, 3.63) is 24.2 Å². The maximum Gasteiger partial charge on any atom is 0.289 e. The SMILES string of the molecule is CCC(CCO)NC(=O)CN(C)C(=O)c1ccco1.